The molecule has 1 saturated carbocycles. The molecule has 152 valence electrons. The summed E-state index contributed by atoms with van der Waals surface area (Å²) in [5.74, 6) is 0.176. The van der Waals surface area contributed by atoms with Gasteiger partial charge in [0.15, 0.2) is 0 Å². The van der Waals surface area contributed by atoms with Gasteiger partial charge in [-0.2, -0.15) is 0 Å². The minimum absolute atomic E-state index is 0.00717. The molecule has 3 rings (SSSR count). The lowest BCUT2D eigenvalue weighted by Crippen LogP contribution is -2.24. The molecule has 29 heavy (non-hydrogen) atoms. The van der Waals surface area contributed by atoms with Crippen LogP contribution in [-0.4, -0.2) is 34.1 Å². The van der Waals surface area contributed by atoms with Crippen LogP contribution in [0.3, 0.4) is 0 Å². The van der Waals surface area contributed by atoms with Gasteiger partial charge < -0.3 is 15.8 Å². The van der Waals surface area contributed by atoms with E-state index in [-0.39, 0.29) is 34.4 Å². The van der Waals surface area contributed by atoms with Gasteiger partial charge in [0, 0.05) is 30.4 Å². The molecule has 2 amide bonds. The number of hydrogen-bond donors (Lipinski definition) is 2. The zero-order valence-corrected chi connectivity index (χ0v) is 16.3. The van der Waals surface area contributed by atoms with Crippen molar-refractivity contribution in [2.45, 2.75) is 24.3 Å². The Morgan fingerprint density at radius 3 is 2.72 bits per heavy atom. The SMILES string of the molecule is NC(=O)c1ccc(SCC(=O)NCc2ccc(OCC3CC3)nc2)c([N+](=O)[O-])c1. The van der Waals surface area contributed by atoms with Crippen LogP contribution in [-0.2, 0) is 11.3 Å². The first-order valence-corrected chi connectivity index (χ1v) is 9.96. The molecule has 1 heterocycles. The first-order valence-electron chi connectivity index (χ1n) is 8.98. The highest BCUT2D eigenvalue weighted by Crippen LogP contribution is 2.30. The zero-order chi connectivity index (χ0) is 20.8. The van der Waals surface area contributed by atoms with Crippen molar-refractivity contribution in [1.82, 2.24) is 10.3 Å². The number of benzene rings is 1. The first-order chi connectivity index (χ1) is 13.9. The Morgan fingerprint density at radius 2 is 2.10 bits per heavy atom. The lowest BCUT2D eigenvalue weighted by molar-refractivity contribution is -0.387. The second-order valence-corrected chi connectivity index (χ2v) is 7.65. The highest BCUT2D eigenvalue weighted by Gasteiger charge is 2.22. The van der Waals surface area contributed by atoms with Crippen LogP contribution in [0.5, 0.6) is 5.88 Å². The van der Waals surface area contributed by atoms with Crippen LogP contribution in [0.2, 0.25) is 0 Å². The van der Waals surface area contributed by atoms with Crippen molar-refractivity contribution >= 4 is 29.3 Å². The predicted molar refractivity (Wildman–Crippen MR) is 107 cm³/mol. The summed E-state index contributed by atoms with van der Waals surface area (Å²) < 4.78 is 5.57. The Bertz CT molecular complexity index is 915. The molecule has 1 fully saturated rings. The summed E-state index contributed by atoms with van der Waals surface area (Å²) in [6.45, 7) is 0.977. The van der Waals surface area contributed by atoms with E-state index in [9.17, 15) is 19.7 Å². The number of rotatable bonds is 10. The van der Waals surface area contributed by atoms with E-state index in [2.05, 4.69) is 10.3 Å². The van der Waals surface area contributed by atoms with Gasteiger partial charge in [0.1, 0.15) is 0 Å². The average Bonchev–Trinajstić information content (AvgIpc) is 3.54. The molecule has 1 aliphatic rings. The number of nitro benzene ring substituents is 1. The second kappa shape index (κ2) is 9.37. The number of thioether (sulfide) groups is 1. The van der Waals surface area contributed by atoms with Crippen LogP contribution in [0.1, 0.15) is 28.8 Å². The Morgan fingerprint density at radius 1 is 1.31 bits per heavy atom. The fourth-order valence-corrected chi connectivity index (χ4v) is 3.25. The number of nitro groups is 1. The highest BCUT2D eigenvalue weighted by molar-refractivity contribution is 8.00. The summed E-state index contributed by atoms with van der Waals surface area (Å²) in [4.78, 5) is 38.3. The van der Waals surface area contributed by atoms with E-state index in [1.165, 1.54) is 25.0 Å². The third-order valence-electron chi connectivity index (χ3n) is 4.25. The van der Waals surface area contributed by atoms with Gasteiger partial charge in [0.05, 0.1) is 22.2 Å². The topological polar surface area (TPSA) is 137 Å². The lowest BCUT2D eigenvalue weighted by Gasteiger charge is -2.08. The Kier molecular flexibility index (Phi) is 6.65. The third kappa shape index (κ3) is 6.18. The maximum Gasteiger partial charge on any atom is 0.283 e. The van der Waals surface area contributed by atoms with Crippen LogP contribution in [0.25, 0.3) is 0 Å². The molecule has 1 aromatic heterocycles. The van der Waals surface area contributed by atoms with E-state index in [0.717, 1.165) is 23.4 Å². The molecule has 0 saturated heterocycles. The van der Waals surface area contributed by atoms with E-state index in [0.29, 0.717) is 18.4 Å². The van der Waals surface area contributed by atoms with Crippen molar-refractivity contribution in [1.29, 1.82) is 0 Å². The number of amides is 2. The monoisotopic (exact) mass is 416 g/mol. The van der Waals surface area contributed by atoms with E-state index >= 15 is 0 Å². The summed E-state index contributed by atoms with van der Waals surface area (Å²) >= 11 is 1.02. The van der Waals surface area contributed by atoms with Gasteiger partial charge in [0.25, 0.3) is 5.69 Å². The number of primary amides is 1. The Hall–Kier alpha value is -3.14. The summed E-state index contributed by atoms with van der Waals surface area (Å²) in [5.41, 5.74) is 5.75. The van der Waals surface area contributed by atoms with Gasteiger partial charge >= 0.3 is 0 Å². The zero-order valence-electron chi connectivity index (χ0n) is 15.5. The van der Waals surface area contributed by atoms with Crippen LogP contribution >= 0.6 is 11.8 Å². The van der Waals surface area contributed by atoms with Gasteiger partial charge in [0.2, 0.25) is 17.7 Å². The molecule has 1 aliphatic carbocycles. The molecule has 10 heteroatoms. The van der Waals surface area contributed by atoms with Crippen molar-refractivity contribution in [3.8, 4) is 5.88 Å². The molecule has 0 radical (unpaired) electrons. The fourth-order valence-electron chi connectivity index (χ4n) is 2.42. The van der Waals surface area contributed by atoms with E-state index in [1.807, 2.05) is 6.07 Å². The third-order valence-corrected chi connectivity index (χ3v) is 5.31. The smallest absolute Gasteiger partial charge is 0.283 e. The Balaban J connectivity index is 1.48. The summed E-state index contributed by atoms with van der Waals surface area (Å²) in [7, 11) is 0. The van der Waals surface area contributed by atoms with Crippen LogP contribution in [0, 0.1) is 16.0 Å². The minimum atomic E-state index is -0.750. The quantitative estimate of drug-likeness (QED) is 0.344. The molecule has 2 aromatic rings. The lowest BCUT2D eigenvalue weighted by atomic mass is 10.2. The summed E-state index contributed by atoms with van der Waals surface area (Å²) in [6, 6.07) is 7.52. The molecule has 1 aromatic carbocycles. The molecule has 0 aliphatic heterocycles. The standard InChI is InChI=1S/C19H20N4O5S/c20-19(25)14-4-5-16(15(7-14)23(26)27)29-11-17(24)21-8-13-3-6-18(22-9-13)28-10-12-1-2-12/h3-7,9,12H,1-2,8,10-11H2,(H2,20,25)(H,21,24). The van der Waals surface area contributed by atoms with Gasteiger partial charge in [-0.25, -0.2) is 4.98 Å². The molecule has 3 N–H and O–H groups in total. The molecule has 0 bridgehead atoms. The van der Waals surface area contributed by atoms with Crippen molar-refractivity contribution in [3.05, 3.63) is 57.8 Å². The fraction of sp³-hybridized carbons (Fsp3) is 0.316. The van der Waals surface area contributed by atoms with E-state index in [4.69, 9.17) is 10.5 Å². The van der Waals surface area contributed by atoms with E-state index < -0.39 is 10.8 Å². The molecule has 0 spiro atoms. The van der Waals surface area contributed by atoms with E-state index in [1.54, 1.807) is 12.3 Å². The number of nitrogens with one attached hydrogen (secondary N) is 1. The largest absolute Gasteiger partial charge is 0.477 e. The average molecular weight is 416 g/mol. The Labute approximate surface area is 171 Å². The number of ether oxygens (including phenoxy) is 1. The number of hydrogen-bond acceptors (Lipinski definition) is 7. The van der Waals surface area contributed by atoms with Crippen molar-refractivity contribution in [2.75, 3.05) is 12.4 Å². The van der Waals surface area contributed by atoms with Crippen molar-refractivity contribution < 1.29 is 19.2 Å². The maximum absolute atomic E-state index is 12.1. The van der Waals surface area contributed by atoms with Crippen LogP contribution in [0.15, 0.2) is 41.4 Å². The van der Waals surface area contributed by atoms with Crippen LogP contribution in [0.4, 0.5) is 5.69 Å². The van der Waals surface area contributed by atoms with Gasteiger partial charge in [-0.1, -0.05) is 6.07 Å². The summed E-state index contributed by atoms with van der Waals surface area (Å²) in [5, 5.41) is 13.9. The highest BCUT2D eigenvalue weighted by atomic mass is 32.2. The van der Waals surface area contributed by atoms with Gasteiger partial charge in [-0.15, -0.1) is 11.8 Å². The number of carbonyl (C=O) groups excluding carboxylic acids is 2. The van der Waals surface area contributed by atoms with Crippen molar-refractivity contribution in [2.24, 2.45) is 11.7 Å². The number of nitrogens with two attached hydrogens (primary N) is 1. The number of pyridine rings is 1. The predicted octanol–water partition coefficient (Wildman–Crippen LogP) is 2.29. The normalized spacial score (nSPS) is 13.0. The van der Waals surface area contributed by atoms with Crippen LogP contribution < -0.4 is 15.8 Å². The van der Waals surface area contributed by atoms with Gasteiger partial charge in [-0.05, 0) is 36.5 Å². The number of nitrogens with zero attached hydrogens (tertiary/aromatic N) is 2. The molecule has 0 atom stereocenters. The first kappa shape index (κ1) is 20.6. The van der Waals surface area contributed by atoms with Crippen molar-refractivity contribution in [3.63, 3.8) is 0 Å². The molecule has 9 nitrogen and oxygen atoms in total. The number of carbonyl (C=O) groups is 2. The number of aromatic nitrogens is 1. The van der Waals surface area contributed by atoms with Gasteiger partial charge in [-0.3, -0.25) is 19.7 Å². The summed E-state index contributed by atoms with van der Waals surface area (Å²) in [6.07, 6.45) is 4.06. The molecular formula is C19H20N4O5S. The maximum atomic E-state index is 12.1. The minimum Gasteiger partial charge on any atom is -0.477 e. The molecular weight excluding hydrogens is 396 g/mol. The second-order valence-electron chi connectivity index (χ2n) is 6.63. The molecule has 0 unspecified atom stereocenters.